The van der Waals surface area contributed by atoms with E-state index in [2.05, 4.69) is 5.32 Å². The Kier molecular flexibility index (Phi) is 5.46. The molecule has 3 rings (SSSR count). The Labute approximate surface area is 152 Å². The van der Waals surface area contributed by atoms with E-state index >= 15 is 0 Å². The van der Waals surface area contributed by atoms with Crippen LogP contribution in [0.3, 0.4) is 0 Å². The second-order valence-electron chi connectivity index (χ2n) is 6.07. The summed E-state index contributed by atoms with van der Waals surface area (Å²) in [7, 11) is 1.92. The van der Waals surface area contributed by atoms with Gasteiger partial charge in [-0.2, -0.15) is 0 Å². The minimum atomic E-state index is -0.299. The number of carbonyl (C=O) groups is 1. The molecule has 2 aromatic carbocycles. The van der Waals surface area contributed by atoms with Crippen LogP contribution in [0.1, 0.15) is 12.5 Å². The van der Waals surface area contributed by atoms with E-state index in [1.807, 2.05) is 49.2 Å². The topological polar surface area (TPSA) is 50.8 Å². The number of likely N-dealkylation sites (N-methyl/N-ethyl adjacent to an activating group) is 1. The van der Waals surface area contributed by atoms with Crippen LogP contribution in [-0.4, -0.2) is 37.1 Å². The van der Waals surface area contributed by atoms with Gasteiger partial charge in [0.1, 0.15) is 13.2 Å². The van der Waals surface area contributed by atoms with Crippen molar-refractivity contribution >= 4 is 23.2 Å². The van der Waals surface area contributed by atoms with Gasteiger partial charge in [-0.25, -0.2) is 0 Å². The quantitative estimate of drug-likeness (QED) is 0.885. The zero-order valence-electron chi connectivity index (χ0n) is 14.3. The standard InChI is InChI=1S/C19H21ClN2O3/c1-13(19(23)21-16-5-3-4-15(20)11-16)22(2)12-14-6-7-17-18(10-14)25-9-8-24-17/h3-7,10-11,13H,8-9,12H2,1-2H3,(H,21,23)/t13-/m0/s1. The van der Waals surface area contributed by atoms with E-state index in [1.54, 1.807) is 12.1 Å². The molecule has 0 aromatic heterocycles. The first-order valence-electron chi connectivity index (χ1n) is 8.18. The zero-order chi connectivity index (χ0) is 17.8. The van der Waals surface area contributed by atoms with Crippen molar-refractivity contribution in [1.82, 2.24) is 4.90 Å². The number of ether oxygens (including phenoxy) is 2. The Morgan fingerprint density at radius 1 is 1.20 bits per heavy atom. The van der Waals surface area contributed by atoms with E-state index in [0.717, 1.165) is 17.1 Å². The fraction of sp³-hybridized carbons (Fsp3) is 0.316. The summed E-state index contributed by atoms with van der Waals surface area (Å²) in [6, 6.07) is 12.7. The van der Waals surface area contributed by atoms with Gasteiger partial charge in [-0.05, 0) is 49.9 Å². The van der Waals surface area contributed by atoms with Crippen LogP contribution in [0.15, 0.2) is 42.5 Å². The normalized spacial score (nSPS) is 14.2. The maximum Gasteiger partial charge on any atom is 0.241 e. The molecule has 25 heavy (non-hydrogen) atoms. The first kappa shape index (κ1) is 17.6. The van der Waals surface area contributed by atoms with Crippen LogP contribution < -0.4 is 14.8 Å². The molecule has 0 bridgehead atoms. The number of amides is 1. The van der Waals surface area contributed by atoms with Gasteiger partial charge >= 0.3 is 0 Å². The molecule has 5 nitrogen and oxygen atoms in total. The van der Waals surface area contributed by atoms with Gasteiger partial charge in [-0.3, -0.25) is 9.69 Å². The molecule has 1 heterocycles. The van der Waals surface area contributed by atoms with E-state index in [4.69, 9.17) is 21.1 Å². The number of carbonyl (C=O) groups excluding carboxylic acids is 1. The van der Waals surface area contributed by atoms with Crippen molar-refractivity contribution in [1.29, 1.82) is 0 Å². The number of halogens is 1. The Morgan fingerprint density at radius 2 is 1.96 bits per heavy atom. The predicted octanol–water partition coefficient (Wildman–Crippen LogP) is 3.57. The van der Waals surface area contributed by atoms with Gasteiger partial charge in [0.15, 0.2) is 11.5 Å². The number of fused-ring (bicyclic) bond motifs is 1. The summed E-state index contributed by atoms with van der Waals surface area (Å²) < 4.78 is 11.1. The molecule has 1 N–H and O–H groups in total. The molecule has 1 aliphatic heterocycles. The Hall–Kier alpha value is -2.24. The first-order valence-corrected chi connectivity index (χ1v) is 8.56. The molecule has 0 aliphatic carbocycles. The zero-order valence-corrected chi connectivity index (χ0v) is 15.0. The highest BCUT2D eigenvalue weighted by Crippen LogP contribution is 2.31. The van der Waals surface area contributed by atoms with Crippen molar-refractivity contribution in [2.75, 3.05) is 25.6 Å². The van der Waals surface area contributed by atoms with Crippen LogP contribution in [0.2, 0.25) is 5.02 Å². The van der Waals surface area contributed by atoms with Gasteiger partial charge in [0.05, 0.1) is 6.04 Å². The smallest absolute Gasteiger partial charge is 0.241 e. The van der Waals surface area contributed by atoms with Crippen molar-refractivity contribution in [3.63, 3.8) is 0 Å². The molecule has 1 aliphatic rings. The Bertz CT molecular complexity index is 766. The van der Waals surface area contributed by atoms with Gasteiger partial charge in [-0.15, -0.1) is 0 Å². The largest absolute Gasteiger partial charge is 0.486 e. The molecule has 1 atom stereocenters. The second-order valence-corrected chi connectivity index (χ2v) is 6.51. The number of hydrogen-bond donors (Lipinski definition) is 1. The Balaban J connectivity index is 1.62. The van der Waals surface area contributed by atoms with Crippen molar-refractivity contribution in [3.05, 3.63) is 53.1 Å². The van der Waals surface area contributed by atoms with Crippen molar-refractivity contribution in [3.8, 4) is 11.5 Å². The highest BCUT2D eigenvalue weighted by Gasteiger charge is 2.19. The van der Waals surface area contributed by atoms with Crippen molar-refractivity contribution in [2.24, 2.45) is 0 Å². The summed E-state index contributed by atoms with van der Waals surface area (Å²) in [5, 5.41) is 3.48. The molecule has 0 saturated heterocycles. The monoisotopic (exact) mass is 360 g/mol. The highest BCUT2D eigenvalue weighted by molar-refractivity contribution is 6.30. The van der Waals surface area contributed by atoms with Crippen LogP contribution in [0, 0.1) is 0 Å². The molecule has 0 radical (unpaired) electrons. The van der Waals surface area contributed by atoms with Gasteiger partial charge in [0, 0.05) is 17.3 Å². The van der Waals surface area contributed by atoms with Crippen molar-refractivity contribution < 1.29 is 14.3 Å². The summed E-state index contributed by atoms with van der Waals surface area (Å²) in [5.41, 5.74) is 1.76. The van der Waals surface area contributed by atoms with Gasteiger partial charge in [0.25, 0.3) is 0 Å². The molecule has 2 aromatic rings. The number of anilines is 1. The minimum Gasteiger partial charge on any atom is -0.486 e. The highest BCUT2D eigenvalue weighted by atomic mass is 35.5. The minimum absolute atomic E-state index is 0.0812. The lowest BCUT2D eigenvalue weighted by atomic mass is 10.1. The molecule has 132 valence electrons. The molecule has 1 amide bonds. The molecule has 0 fully saturated rings. The lowest BCUT2D eigenvalue weighted by molar-refractivity contribution is -0.120. The number of rotatable bonds is 5. The summed E-state index contributed by atoms with van der Waals surface area (Å²) in [5.74, 6) is 1.44. The van der Waals surface area contributed by atoms with Crippen LogP contribution in [0.25, 0.3) is 0 Å². The number of nitrogens with zero attached hydrogens (tertiary/aromatic N) is 1. The van der Waals surface area contributed by atoms with E-state index in [1.165, 1.54) is 0 Å². The second kappa shape index (κ2) is 7.76. The summed E-state index contributed by atoms with van der Waals surface area (Å²) in [4.78, 5) is 14.4. The van der Waals surface area contributed by atoms with Crippen LogP contribution in [0.5, 0.6) is 11.5 Å². The van der Waals surface area contributed by atoms with Gasteiger partial charge in [-0.1, -0.05) is 23.7 Å². The van der Waals surface area contributed by atoms with Crippen LogP contribution >= 0.6 is 11.6 Å². The molecule has 6 heteroatoms. The number of nitrogens with one attached hydrogen (secondary N) is 1. The van der Waals surface area contributed by atoms with E-state index < -0.39 is 0 Å². The molecule has 0 unspecified atom stereocenters. The van der Waals surface area contributed by atoms with E-state index in [-0.39, 0.29) is 11.9 Å². The van der Waals surface area contributed by atoms with Gasteiger partial charge < -0.3 is 14.8 Å². The van der Waals surface area contributed by atoms with Crippen LogP contribution in [-0.2, 0) is 11.3 Å². The average Bonchev–Trinajstić information content (AvgIpc) is 2.61. The lowest BCUT2D eigenvalue weighted by Gasteiger charge is -2.25. The molecule has 0 saturated carbocycles. The van der Waals surface area contributed by atoms with Crippen molar-refractivity contribution in [2.45, 2.75) is 19.5 Å². The molecule has 0 spiro atoms. The lowest BCUT2D eigenvalue weighted by Crippen LogP contribution is -2.39. The summed E-state index contributed by atoms with van der Waals surface area (Å²) in [6.45, 7) is 3.64. The van der Waals surface area contributed by atoms with E-state index in [0.29, 0.717) is 30.5 Å². The maximum absolute atomic E-state index is 12.4. The fourth-order valence-electron chi connectivity index (χ4n) is 2.62. The third-order valence-corrected chi connectivity index (χ3v) is 4.41. The third kappa shape index (κ3) is 4.44. The third-order valence-electron chi connectivity index (χ3n) is 4.17. The average molecular weight is 361 g/mol. The summed E-state index contributed by atoms with van der Waals surface area (Å²) in [6.07, 6.45) is 0. The number of hydrogen-bond acceptors (Lipinski definition) is 4. The SMILES string of the molecule is C[C@@H](C(=O)Nc1cccc(Cl)c1)N(C)Cc1ccc2c(c1)OCCO2. The Morgan fingerprint density at radius 3 is 2.72 bits per heavy atom. The predicted molar refractivity (Wildman–Crippen MR) is 98.4 cm³/mol. The maximum atomic E-state index is 12.4. The number of benzene rings is 2. The molecular weight excluding hydrogens is 340 g/mol. The first-order chi connectivity index (χ1) is 12.0. The summed E-state index contributed by atoms with van der Waals surface area (Å²) >= 11 is 5.95. The van der Waals surface area contributed by atoms with Gasteiger partial charge in [0.2, 0.25) is 5.91 Å². The fourth-order valence-corrected chi connectivity index (χ4v) is 2.81. The van der Waals surface area contributed by atoms with E-state index in [9.17, 15) is 4.79 Å². The van der Waals surface area contributed by atoms with Crippen LogP contribution in [0.4, 0.5) is 5.69 Å². The molecular formula is C19H21ClN2O3.